The molecule has 1 aliphatic carbocycles. The lowest BCUT2D eigenvalue weighted by Gasteiger charge is -2.30. The molecule has 0 atom stereocenters. The summed E-state index contributed by atoms with van der Waals surface area (Å²) in [6, 6.07) is 6.97. The lowest BCUT2D eigenvalue weighted by atomic mass is 9.87. The molecule has 1 saturated carbocycles. The molecule has 1 aliphatic heterocycles. The molecule has 1 saturated heterocycles. The SMILES string of the molecule is O=C(CC1CCCCC1)Nc1ccc(C(=O)N2CCC(C(=O)O)CC2)cc1. The van der Waals surface area contributed by atoms with E-state index in [4.69, 9.17) is 5.11 Å². The van der Waals surface area contributed by atoms with Crippen molar-refractivity contribution in [2.45, 2.75) is 51.4 Å². The van der Waals surface area contributed by atoms with Crippen LogP contribution in [0, 0.1) is 11.8 Å². The number of carbonyl (C=O) groups is 3. The van der Waals surface area contributed by atoms with E-state index >= 15 is 0 Å². The number of amides is 2. The van der Waals surface area contributed by atoms with Crippen molar-refractivity contribution in [3.8, 4) is 0 Å². The van der Waals surface area contributed by atoms with Crippen molar-refractivity contribution in [3.05, 3.63) is 29.8 Å². The van der Waals surface area contributed by atoms with Crippen LogP contribution in [0.15, 0.2) is 24.3 Å². The summed E-state index contributed by atoms with van der Waals surface area (Å²) in [7, 11) is 0. The molecule has 3 rings (SSSR count). The highest BCUT2D eigenvalue weighted by atomic mass is 16.4. The van der Waals surface area contributed by atoms with Gasteiger partial charge in [-0.1, -0.05) is 19.3 Å². The molecule has 6 nitrogen and oxygen atoms in total. The fourth-order valence-electron chi connectivity index (χ4n) is 4.07. The third-order valence-corrected chi connectivity index (χ3v) is 5.75. The van der Waals surface area contributed by atoms with Crippen molar-refractivity contribution in [1.29, 1.82) is 0 Å². The summed E-state index contributed by atoms with van der Waals surface area (Å²) in [5, 5.41) is 12.0. The lowest BCUT2D eigenvalue weighted by Crippen LogP contribution is -2.40. The van der Waals surface area contributed by atoms with Crippen LogP contribution in [0.2, 0.25) is 0 Å². The molecule has 1 aromatic rings. The monoisotopic (exact) mass is 372 g/mol. The maximum atomic E-state index is 12.6. The van der Waals surface area contributed by atoms with E-state index in [1.54, 1.807) is 29.2 Å². The van der Waals surface area contributed by atoms with Crippen molar-refractivity contribution in [1.82, 2.24) is 4.90 Å². The predicted octanol–water partition coefficient (Wildman–Crippen LogP) is 3.53. The van der Waals surface area contributed by atoms with E-state index in [0.717, 1.165) is 12.8 Å². The first-order valence-corrected chi connectivity index (χ1v) is 9.95. The van der Waals surface area contributed by atoms with Crippen molar-refractivity contribution >= 4 is 23.5 Å². The molecule has 1 heterocycles. The fraction of sp³-hybridized carbons (Fsp3) is 0.571. The molecule has 2 fully saturated rings. The van der Waals surface area contributed by atoms with E-state index in [-0.39, 0.29) is 17.7 Å². The van der Waals surface area contributed by atoms with Gasteiger partial charge in [-0.2, -0.15) is 0 Å². The van der Waals surface area contributed by atoms with Crippen LogP contribution >= 0.6 is 0 Å². The number of piperidine rings is 1. The van der Waals surface area contributed by atoms with Crippen LogP contribution in [-0.4, -0.2) is 40.9 Å². The van der Waals surface area contributed by atoms with Crippen molar-refractivity contribution in [3.63, 3.8) is 0 Å². The number of carbonyl (C=O) groups excluding carboxylic acids is 2. The van der Waals surface area contributed by atoms with Gasteiger partial charge in [-0.25, -0.2) is 0 Å². The van der Waals surface area contributed by atoms with E-state index in [9.17, 15) is 14.4 Å². The summed E-state index contributed by atoms with van der Waals surface area (Å²) in [5.74, 6) is -0.685. The van der Waals surface area contributed by atoms with Gasteiger partial charge in [0.05, 0.1) is 5.92 Å². The Morgan fingerprint density at radius 2 is 1.59 bits per heavy atom. The van der Waals surface area contributed by atoms with Crippen LogP contribution in [0.25, 0.3) is 0 Å². The molecule has 0 radical (unpaired) electrons. The summed E-state index contributed by atoms with van der Waals surface area (Å²) in [4.78, 5) is 37.5. The third kappa shape index (κ3) is 5.31. The van der Waals surface area contributed by atoms with Gasteiger partial charge < -0.3 is 15.3 Å². The molecule has 6 heteroatoms. The number of nitrogens with zero attached hydrogens (tertiary/aromatic N) is 1. The van der Waals surface area contributed by atoms with Gasteiger partial charge in [-0.3, -0.25) is 14.4 Å². The topological polar surface area (TPSA) is 86.7 Å². The Balaban J connectivity index is 1.50. The highest BCUT2D eigenvalue weighted by molar-refractivity contribution is 5.96. The molecule has 0 aromatic heterocycles. The number of nitrogens with one attached hydrogen (secondary N) is 1. The molecule has 2 aliphatic rings. The highest BCUT2D eigenvalue weighted by Gasteiger charge is 2.27. The van der Waals surface area contributed by atoms with Crippen molar-refractivity contribution in [2.75, 3.05) is 18.4 Å². The highest BCUT2D eigenvalue weighted by Crippen LogP contribution is 2.26. The third-order valence-electron chi connectivity index (χ3n) is 5.75. The molecular weight excluding hydrogens is 344 g/mol. The number of rotatable bonds is 5. The quantitative estimate of drug-likeness (QED) is 0.828. The van der Waals surface area contributed by atoms with Gasteiger partial charge in [0.2, 0.25) is 5.91 Å². The standard InChI is InChI=1S/C21H28N2O4/c24-19(14-15-4-2-1-3-5-15)22-18-8-6-16(7-9-18)20(25)23-12-10-17(11-13-23)21(26)27/h6-9,15,17H,1-5,10-14H2,(H,22,24)(H,26,27). The average molecular weight is 372 g/mol. The second-order valence-electron chi connectivity index (χ2n) is 7.74. The van der Waals surface area contributed by atoms with Crippen LogP contribution in [0.1, 0.15) is 61.7 Å². The second kappa shape index (κ2) is 9.02. The zero-order chi connectivity index (χ0) is 19.2. The van der Waals surface area contributed by atoms with Gasteiger partial charge in [-0.15, -0.1) is 0 Å². The Hall–Kier alpha value is -2.37. The Morgan fingerprint density at radius 3 is 2.19 bits per heavy atom. The van der Waals surface area contributed by atoms with Crippen molar-refractivity contribution < 1.29 is 19.5 Å². The first-order chi connectivity index (χ1) is 13.0. The average Bonchev–Trinajstić information content (AvgIpc) is 2.69. The molecule has 146 valence electrons. The van der Waals surface area contributed by atoms with Gasteiger partial charge in [-0.05, 0) is 55.9 Å². The number of anilines is 1. The molecular formula is C21H28N2O4. The molecule has 0 unspecified atom stereocenters. The Labute approximate surface area is 159 Å². The maximum Gasteiger partial charge on any atom is 0.306 e. The minimum atomic E-state index is -0.782. The summed E-state index contributed by atoms with van der Waals surface area (Å²) < 4.78 is 0. The first kappa shape index (κ1) is 19.4. The van der Waals surface area contributed by atoms with Gasteiger partial charge in [0, 0.05) is 30.8 Å². The number of benzene rings is 1. The summed E-state index contributed by atoms with van der Waals surface area (Å²) in [5.41, 5.74) is 1.27. The molecule has 0 bridgehead atoms. The van der Waals surface area contributed by atoms with Gasteiger partial charge >= 0.3 is 5.97 Å². The van der Waals surface area contributed by atoms with Crippen LogP contribution in [-0.2, 0) is 9.59 Å². The first-order valence-electron chi connectivity index (χ1n) is 9.95. The fourth-order valence-corrected chi connectivity index (χ4v) is 4.07. The van der Waals surface area contributed by atoms with E-state index in [1.807, 2.05) is 0 Å². The smallest absolute Gasteiger partial charge is 0.306 e. The minimum absolute atomic E-state index is 0.0386. The Morgan fingerprint density at radius 1 is 0.963 bits per heavy atom. The van der Waals surface area contributed by atoms with E-state index in [0.29, 0.717) is 49.5 Å². The number of aliphatic carboxylic acids is 1. The number of likely N-dealkylation sites (tertiary alicyclic amines) is 1. The minimum Gasteiger partial charge on any atom is -0.481 e. The number of hydrogen-bond acceptors (Lipinski definition) is 3. The summed E-state index contributed by atoms with van der Waals surface area (Å²) >= 11 is 0. The number of carboxylic acids is 1. The molecule has 1 aromatic carbocycles. The Kier molecular flexibility index (Phi) is 6.48. The lowest BCUT2D eigenvalue weighted by molar-refractivity contribution is -0.143. The largest absolute Gasteiger partial charge is 0.481 e. The van der Waals surface area contributed by atoms with Crippen LogP contribution in [0.4, 0.5) is 5.69 Å². The van der Waals surface area contributed by atoms with E-state index in [1.165, 1.54) is 19.3 Å². The zero-order valence-electron chi connectivity index (χ0n) is 15.7. The number of carboxylic acid groups (broad SMARTS) is 1. The van der Waals surface area contributed by atoms with E-state index < -0.39 is 5.97 Å². The molecule has 27 heavy (non-hydrogen) atoms. The predicted molar refractivity (Wildman–Crippen MR) is 103 cm³/mol. The Bertz CT molecular complexity index is 672. The van der Waals surface area contributed by atoms with Crippen LogP contribution < -0.4 is 5.32 Å². The van der Waals surface area contributed by atoms with Crippen LogP contribution in [0.3, 0.4) is 0 Å². The molecule has 0 spiro atoms. The van der Waals surface area contributed by atoms with E-state index in [2.05, 4.69) is 5.32 Å². The summed E-state index contributed by atoms with van der Waals surface area (Å²) in [6.45, 7) is 0.936. The molecule has 2 amide bonds. The van der Waals surface area contributed by atoms with Crippen molar-refractivity contribution in [2.24, 2.45) is 11.8 Å². The van der Waals surface area contributed by atoms with Gasteiger partial charge in [0.25, 0.3) is 5.91 Å². The zero-order valence-corrected chi connectivity index (χ0v) is 15.7. The van der Waals surface area contributed by atoms with Crippen LogP contribution in [0.5, 0.6) is 0 Å². The molecule has 2 N–H and O–H groups in total. The summed E-state index contributed by atoms with van der Waals surface area (Å²) in [6.07, 6.45) is 7.56. The second-order valence-corrected chi connectivity index (χ2v) is 7.74. The maximum absolute atomic E-state index is 12.6. The normalized spacial score (nSPS) is 18.9. The van der Waals surface area contributed by atoms with Gasteiger partial charge in [0.15, 0.2) is 0 Å². The number of hydrogen-bond donors (Lipinski definition) is 2. The van der Waals surface area contributed by atoms with Gasteiger partial charge in [0.1, 0.15) is 0 Å².